The minimum absolute atomic E-state index is 0.0218. The van der Waals surface area contributed by atoms with Gasteiger partial charge in [-0.25, -0.2) is 4.39 Å². The summed E-state index contributed by atoms with van der Waals surface area (Å²) < 4.78 is 24.5. The van der Waals surface area contributed by atoms with Gasteiger partial charge in [-0.2, -0.15) is 0 Å². The number of aliphatic hydroxyl groups is 1. The maximum Gasteiger partial charge on any atom is 0.295 e. The highest BCUT2D eigenvalue weighted by Crippen LogP contribution is 2.41. The van der Waals surface area contributed by atoms with Crippen LogP contribution in [0.1, 0.15) is 30.0 Å². The number of carbonyl (C=O) groups is 2. The van der Waals surface area contributed by atoms with E-state index in [0.717, 1.165) is 32.0 Å². The molecule has 0 bridgehead atoms. The molecular weight excluding hydrogens is 427 g/mol. The minimum atomic E-state index is -0.813. The molecule has 4 rings (SSSR count). The summed E-state index contributed by atoms with van der Waals surface area (Å²) >= 11 is 0. The van der Waals surface area contributed by atoms with E-state index in [0.29, 0.717) is 24.4 Å². The first-order chi connectivity index (χ1) is 15.9. The molecule has 2 aliphatic heterocycles. The Morgan fingerprint density at radius 3 is 2.36 bits per heavy atom. The van der Waals surface area contributed by atoms with Crippen LogP contribution >= 0.6 is 0 Å². The summed E-state index contributed by atoms with van der Waals surface area (Å²) in [6, 6.07) is 9.84. The van der Waals surface area contributed by atoms with Gasteiger partial charge < -0.3 is 24.4 Å². The van der Waals surface area contributed by atoms with Crippen molar-refractivity contribution >= 4 is 17.4 Å². The fourth-order valence-corrected chi connectivity index (χ4v) is 4.51. The fourth-order valence-electron chi connectivity index (χ4n) is 4.51. The molecule has 8 heteroatoms. The van der Waals surface area contributed by atoms with Gasteiger partial charge in [0.15, 0.2) is 0 Å². The lowest BCUT2D eigenvalue weighted by molar-refractivity contribution is -0.140. The lowest BCUT2D eigenvalue weighted by Gasteiger charge is -2.27. The minimum Gasteiger partial charge on any atom is -0.507 e. The van der Waals surface area contributed by atoms with Gasteiger partial charge in [-0.15, -0.1) is 0 Å². The maximum absolute atomic E-state index is 14.0. The molecule has 1 unspecified atom stereocenters. The highest BCUT2D eigenvalue weighted by Gasteiger charge is 2.46. The number of amides is 1. The molecule has 0 aliphatic carbocycles. The first-order valence-corrected chi connectivity index (χ1v) is 10.9. The van der Waals surface area contributed by atoms with E-state index in [-0.39, 0.29) is 16.9 Å². The molecule has 0 spiro atoms. The van der Waals surface area contributed by atoms with Crippen molar-refractivity contribution in [1.82, 2.24) is 9.80 Å². The van der Waals surface area contributed by atoms with Crippen LogP contribution in [0, 0.1) is 5.82 Å². The van der Waals surface area contributed by atoms with Crippen LogP contribution < -0.4 is 9.47 Å². The van der Waals surface area contributed by atoms with E-state index in [1.54, 1.807) is 31.4 Å². The molecule has 2 aliphatic rings. The number of carbonyl (C=O) groups excluding carboxylic acids is 2. The zero-order chi connectivity index (χ0) is 23.5. The Labute approximate surface area is 192 Å². The summed E-state index contributed by atoms with van der Waals surface area (Å²) in [5.41, 5.74) is 0.581. The lowest BCUT2D eigenvalue weighted by atomic mass is 9.95. The Morgan fingerprint density at radius 1 is 1.03 bits per heavy atom. The van der Waals surface area contributed by atoms with Crippen molar-refractivity contribution in [2.75, 3.05) is 40.4 Å². The van der Waals surface area contributed by atoms with Gasteiger partial charge in [-0.3, -0.25) is 9.59 Å². The average Bonchev–Trinajstić information content (AvgIpc) is 3.44. The van der Waals surface area contributed by atoms with Gasteiger partial charge in [-0.05, 0) is 61.8 Å². The number of aliphatic hydroxyl groups excluding tert-OH is 1. The Bertz CT molecular complexity index is 1080. The Hall–Kier alpha value is -3.39. The third kappa shape index (κ3) is 4.43. The fraction of sp³-hybridized carbons (Fsp3) is 0.360. The molecule has 2 fully saturated rings. The van der Waals surface area contributed by atoms with Crippen LogP contribution in [0.5, 0.6) is 11.5 Å². The van der Waals surface area contributed by atoms with Crippen molar-refractivity contribution in [3.63, 3.8) is 0 Å². The van der Waals surface area contributed by atoms with Crippen molar-refractivity contribution in [2.45, 2.75) is 18.9 Å². The number of ketones is 1. The Kier molecular flexibility index (Phi) is 6.65. The third-order valence-corrected chi connectivity index (χ3v) is 6.24. The van der Waals surface area contributed by atoms with E-state index >= 15 is 0 Å². The molecule has 33 heavy (non-hydrogen) atoms. The van der Waals surface area contributed by atoms with Gasteiger partial charge in [0.1, 0.15) is 23.1 Å². The zero-order valence-electron chi connectivity index (χ0n) is 18.7. The summed E-state index contributed by atoms with van der Waals surface area (Å²) in [4.78, 5) is 29.9. The molecule has 0 aromatic heterocycles. The average molecular weight is 454 g/mol. The van der Waals surface area contributed by atoms with E-state index < -0.39 is 29.3 Å². The summed E-state index contributed by atoms with van der Waals surface area (Å²) in [6.45, 7) is 2.87. The van der Waals surface area contributed by atoms with Crippen molar-refractivity contribution in [2.24, 2.45) is 0 Å². The monoisotopic (exact) mass is 454 g/mol. The molecule has 174 valence electrons. The predicted molar refractivity (Wildman–Crippen MR) is 121 cm³/mol. The van der Waals surface area contributed by atoms with Crippen LogP contribution in [0.15, 0.2) is 48.0 Å². The quantitative estimate of drug-likeness (QED) is 0.393. The molecule has 2 aromatic rings. The number of nitrogens with zero attached hydrogens (tertiary/aromatic N) is 2. The van der Waals surface area contributed by atoms with Crippen molar-refractivity contribution in [3.05, 3.63) is 65.0 Å². The van der Waals surface area contributed by atoms with Gasteiger partial charge in [0, 0.05) is 13.1 Å². The van der Waals surface area contributed by atoms with Gasteiger partial charge in [0.05, 0.1) is 31.4 Å². The van der Waals surface area contributed by atoms with Gasteiger partial charge in [0.25, 0.3) is 11.7 Å². The zero-order valence-corrected chi connectivity index (χ0v) is 18.7. The summed E-state index contributed by atoms with van der Waals surface area (Å²) in [7, 11) is 2.94. The molecule has 0 saturated carbocycles. The number of rotatable bonds is 7. The molecule has 7 nitrogen and oxygen atoms in total. The first kappa shape index (κ1) is 22.8. The van der Waals surface area contributed by atoms with Gasteiger partial charge in [0.2, 0.25) is 0 Å². The van der Waals surface area contributed by atoms with Crippen molar-refractivity contribution < 1.29 is 28.6 Å². The molecule has 2 heterocycles. The highest BCUT2D eigenvalue weighted by molar-refractivity contribution is 6.46. The van der Waals surface area contributed by atoms with E-state index in [1.807, 2.05) is 0 Å². The number of methoxy groups -OCH3 is 2. The molecule has 1 amide bonds. The number of halogens is 1. The first-order valence-electron chi connectivity index (χ1n) is 10.9. The largest absolute Gasteiger partial charge is 0.507 e. The lowest BCUT2D eigenvalue weighted by Crippen LogP contribution is -2.37. The van der Waals surface area contributed by atoms with Crippen LogP contribution in [0.3, 0.4) is 0 Å². The summed E-state index contributed by atoms with van der Waals surface area (Å²) in [5.74, 6) is -1.73. The highest BCUT2D eigenvalue weighted by atomic mass is 19.1. The topological polar surface area (TPSA) is 79.3 Å². The third-order valence-electron chi connectivity index (χ3n) is 6.24. The second-order valence-electron chi connectivity index (χ2n) is 8.16. The number of hydrogen-bond donors (Lipinski definition) is 1. The van der Waals surface area contributed by atoms with Crippen molar-refractivity contribution in [1.29, 1.82) is 0 Å². The summed E-state index contributed by atoms with van der Waals surface area (Å²) in [6.07, 6.45) is 2.22. The number of ether oxygens (including phenoxy) is 2. The van der Waals surface area contributed by atoms with Crippen LogP contribution in [-0.4, -0.2) is 67.0 Å². The normalized spacial score (nSPS) is 20.5. The Balaban J connectivity index is 1.80. The number of hydrogen-bond acceptors (Lipinski definition) is 6. The number of likely N-dealkylation sites (tertiary alicyclic amines) is 2. The van der Waals surface area contributed by atoms with Crippen molar-refractivity contribution in [3.8, 4) is 11.5 Å². The second-order valence-corrected chi connectivity index (χ2v) is 8.16. The summed E-state index contributed by atoms with van der Waals surface area (Å²) in [5, 5.41) is 11.2. The maximum atomic E-state index is 14.0. The standard InChI is InChI=1S/C25H27FN2O5/c1-32-18-8-5-16(6-9-18)22-21(23(29)19-15-17(26)7-10-20(19)33-2)24(30)25(31)28(22)14-13-27-11-3-4-12-27/h5-10,15,22,29H,3-4,11-14H2,1-2H3/b23-21+. The molecule has 1 N–H and O–H groups in total. The SMILES string of the molecule is COc1ccc(C2/C(=C(\O)c3cc(F)ccc3OC)C(=O)C(=O)N2CCN2CCCC2)cc1. The molecule has 2 aromatic carbocycles. The van der Waals surface area contributed by atoms with E-state index in [2.05, 4.69) is 4.90 Å². The molecular formula is C25H27FN2O5. The molecule has 2 saturated heterocycles. The second kappa shape index (κ2) is 9.62. The number of benzene rings is 2. The van der Waals surface area contributed by atoms with Crippen LogP contribution in [0.4, 0.5) is 4.39 Å². The van der Waals surface area contributed by atoms with Gasteiger partial charge >= 0.3 is 0 Å². The van der Waals surface area contributed by atoms with Gasteiger partial charge in [-0.1, -0.05) is 12.1 Å². The van der Waals surface area contributed by atoms with E-state index in [4.69, 9.17) is 9.47 Å². The van der Waals surface area contributed by atoms with Crippen LogP contribution in [0.25, 0.3) is 5.76 Å². The Morgan fingerprint density at radius 2 is 1.73 bits per heavy atom. The molecule has 0 radical (unpaired) electrons. The predicted octanol–water partition coefficient (Wildman–Crippen LogP) is 3.36. The van der Waals surface area contributed by atoms with E-state index in [9.17, 15) is 19.1 Å². The molecule has 1 atom stereocenters. The smallest absolute Gasteiger partial charge is 0.295 e. The van der Waals surface area contributed by atoms with Crippen LogP contribution in [-0.2, 0) is 9.59 Å². The number of Topliss-reactive ketones (excluding diaryl/α,β-unsaturated/α-hetero) is 1. The van der Waals surface area contributed by atoms with E-state index in [1.165, 1.54) is 24.1 Å². The van der Waals surface area contributed by atoms with Crippen LogP contribution in [0.2, 0.25) is 0 Å².